The van der Waals surface area contributed by atoms with Crippen LogP contribution in [0.3, 0.4) is 0 Å². The lowest BCUT2D eigenvalue weighted by atomic mass is 10.2. The van der Waals surface area contributed by atoms with Gasteiger partial charge in [-0.25, -0.2) is 4.68 Å². The Bertz CT molecular complexity index is 1360. The van der Waals surface area contributed by atoms with E-state index in [1.165, 1.54) is 11.3 Å². The van der Waals surface area contributed by atoms with Crippen molar-refractivity contribution >= 4 is 45.0 Å². The summed E-state index contributed by atoms with van der Waals surface area (Å²) < 4.78 is 12.7. The lowest BCUT2D eigenvalue weighted by molar-refractivity contribution is 0.0848. The van der Waals surface area contributed by atoms with Crippen molar-refractivity contribution in [3.8, 4) is 17.2 Å². The molecule has 162 valence electrons. The number of halogens is 1. The molecule has 2 aromatic carbocycles. The van der Waals surface area contributed by atoms with Crippen LogP contribution in [-0.2, 0) is 0 Å². The number of amides is 2. The maximum atomic E-state index is 12.7. The summed E-state index contributed by atoms with van der Waals surface area (Å²) in [6, 6.07) is 13.9. The second-order valence-electron chi connectivity index (χ2n) is 7.07. The molecule has 4 aromatic rings. The Balaban J connectivity index is 1.33. The highest BCUT2D eigenvalue weighted by molar-refractivity contribution is 7.20. The molecule has 5 rings (SSSR count). The lowest BCUT2D eigenvalue weighted by Gasteiger charge is -2.18. The molecule has 0 unspecified atom stereocenters. The van der Waals surface area contributed by atoms with Gasteiger partial charge >= 0.3 is 0 Å². The molecule has 3 heterocycles. The number of aromatic nitrogens is 2. The molecule has 0 radical (unpaired) electrons. The zero-order valence-corrected chi connectivity index (χ0v) is 18.4. The third-order valence-corrected chi connectivity index (χ3v) is 6.26. The Morgan fingerprint density at radius 1 is 1.03 bits per heavy atom. The maximum absolute atomic E-state index is 12.7. The number of carbonyl (C=O) groups is 2. The fraction of sp³-hybridized carbons (Fsp3) is 0.136. The van der Waals surface area contributed by atoms with E-state index < -0.39 is 11.8 Å². The molecule has 8 nitrogen and oxygen atoms in total. The number of ether oxygens (including phenoxy) is 2. The van der Waals surface area contributed by atoms with Crippen LogP contribution >= 0.6 is 22.9 Å². The number of nitrogens with one attached hydrogen (secondary N) is 2. The van der Waals surface area contributed by atoms with Crippen molar-refractivity contribution in [2.75, 3.05) is 13.2 Å². The van der Waals surface area contributed by atoms with Crippen molar-refractivity contribution in [3.63, 3.8) is 0 Å². The van der Waals surface area contributed by atoms with Crippen molar-refractivity contribution in [2.24, 2.45) is 0 Å². The largest absolute Gasteiger partial charge is 0.486 e. The Morgan fingerprint density at radius 2 is 1.81 bits per heavy atom. The average Bonchev–Trinajstić information content (AvgIpc) is 3.37. The summed E-state index contributed by atoms with van der Waals surface area (Å²) in [5.41, 5.74) is 6.84. The van der Waals surface area contributed by atoms with Gasteiger partial charge in [-0.15, -0.1) is 11.3 Å². The van der Waals surface area contributed by atoms with Crippen molar-refractivity contribution in [1.29, 1.82) is 0 Å². The number of hydrogen-bond acceptors (Lipinski definition) is 6. The molecule has 10 heteroatoms. The van der Waals surface area contributed by atoms with Gasteiger partial charge in [-0.2, -0.15) is 5.10 Å². The molecular weight excluding hydrogens is 452 g/mol. The van der Waals surface area contributed by atoms with Gasteiger partial charge in [0.2, 0.25) is 0 Å². The quantitative estimate of drug-likeness (QED) is 0.445. The van der Waals surface area contributed by atoms with Crippen LogP contribution in [0.1, 0.15) is 25.7 Å². The first-order chi connectivity index (χ1) is 15.5. The first kappa shape index (κ1) is 20.3. The second kappa shape index (κ2) is 8.18. The standard InChI is InChI=1S/C22H17ClN4O4S/c1-12-16-11-19(32-22(16)27(26-12)15-4-2-3-14(23)10-15)21(29)25-24-20(28)13-5-6-17-18(9-13)31-8-7-30-17/h2-6,9-11H,7-8H2,1H3,(H,24,28)(H,25,29). The number of benzene rings is 2. The normalized spacial score (nSPS) is 12.6. The minimum Gasteiger partial charge on any atom is -0.486 e. The van der Waals surface area contributed by atoms with Gasteiger partial charge in [-0.1, -0.05) is 17.7 Å². The van der Waals surface area contributed by atoms with Gasteiger partial charge in [0.15, 0.2) is 11.5 Å². The van der Waals surface area contributed by atoms with Crippen LogP contribution in [-0.4, -0.2) is 34.8 Å². The fourth-order valence-electron chi connectivity index (χ4n) is 3.37. The summed E-state index contributed by atoms with van der Waals surface area (Å²) in [4.78, 5) is 26.4. The number of thiophene rings is 1. The van der Waals surface area contributed by atoms with Crippen molar-refractivity contribution < 1.29 is 19.1 Å². The predicted molar refractivity (Wildman–Crippen MR) is 121 cm³/mol. The predicted octanol–water partition coefficient (Wildman–Crippen LogP) is 3.89. The Labute approximate surface area is 191 Å². The highest BCUT2D eigenvalue weighted by Crippen LogP contribution is 2.32. The second-order valence-corrected chi connectivity index (χ2v) is 8.54. The van der Waals surface area contributed by atoms with Gasteiger partial charge in [0.05, 0.1) is 16.3 Å². The number of hydrogen-bond donors (Lipinski definition) is 2. The van der Waals surface area contributed by atoms with Gasteiger partial charge in [0, 0.05) is 16.0 Å². The first-order valence-corrected chi connectivity index (χ1v) is 10.9. The van der Waals surface area contributed by atoms with Gasteiger partial charge in [-0.3, -0.25) is 20.4 Å². The molecule has 0 atom stereocenters. The molecule has 0 bridgehead atoms. The number of fused-ring (bicyclic) bond motifs is 2. The molecular formula is C22H17ClN4O4S. The first-order valence-electron chi connectivity index (χ1n) is 9.75. The molecule has 1 aliphatic heterocycles. The molecule has 0 spiro atoms. The van der Waals surface area contributed by atoms with Gasteiger partial charge in [0.25, 0.3) is 11.8 Å². The van der Waals surface area contributed by atoms with E-state index in [-0.39, 0.29) is 0 Å². The van der Waals surface area contributed by atoms with Crippen molar-refractivity contribution in [3.05, 3.63) is 69.7 Å². The minimum absolute atomic E-state index is 0.346. The summed E-state index contributed by atoms with van der Waals surface area (Å²) in [6.45, 7) is 2.77. The third-order valence-electron chi connectivity index (χ3n) is 4.92. The SMILES string of the molecule is Cc1nn(-c2cccc(Cl)c2)c2sc(C(=O)NNC(=O)c3ccc4c(c3)OCCO4)cc12. The number of carbonyl (C=O) groups excluding carboxylic acids is 2. The minimum atomic E-state index is -0.460. The van der Waals surface area contributed by atoms with Crippen LogP contribution in [0, 0.1) is 6.92 Å². The smallest absolute Gasteiger partial charge is 0.279 e. The van der Waals surface area contributed by atoms with Crippen LogP contribution in [0.4, 0.5) is 0 Å². The van der Waals surface area contributed by atoms with Crippen LogP contribution in [0.5, 0.6) is 11.5 Å². The summed E-state index contributed by atoms with van der Waals surface area (Å²) in [6.07, 6.45) is 0. The number of rotatable bonds is 3. The van der Waals surface area contributed by atoms with E-state index >= 15 is 0 Å². The van der Waals surface area contributed by atoms with E-state index in [0.717, 1.165) is 21.6 Å². The molecule has 0 fully saturated rings. The van der Waals surface area contributed by atoms with E-state index in [1.807, 2.05) is 19.1 Å². The van der Waals surface area contributed by atoms with E-state index in [2.05, 4.69) is 16.0 Å². The monoisotopic (exact) mass is 468 g/mol. The third kappa shape index (κ3) is 3.76. The summed E-state index contributed by atoms with van der Waals surface area (Å²) in [7, 11) is 0. The van der Waals surface area contributed by atoms with E-state index in [4.69, 9.17) is 21.1 Å². The number of hydrazine groups is 1. The van der Waals surface area contributed by atoms with E-state index in [0.29, 0.717) is 40.2 Å². The van der Waals surface area contributed by atoms with Gasteiger partial charge in [0.1, 0.15) is 18.0 Å². The fourth-order valence-corrected chi connectivity index (χ4v) is 4.64. The summed E-state index contributed by atoms with van der Waals surface area (Å²) in [5.74, 6) is 0.207. The topological polar surface area (TPSA) is 94.5 Å². The Hall–Kier alpha value is -3.56. The van der Waals surface area contributed by atoms with Crippen molar-refractivity contribution in [2.45, 2.75) is 6.92 Å². The molecule has 1 aliphatic rings. The summed E-state index contributed by atoms with van der Waals surface area (Å²) in [5, 5.41) is 6.01. The zero-order chi connectivity index (χ0) is 22.2. The molecule has 0 saturated heterocycles. The number of nitrogens with zero attached hydrogens (tertiary/aromatic N) is 2. The molecule has 2 N–H and O–H groups in total. The number of aryl methyl sites for hydroxylation is 1. The highest BCUT2D eigenvalue weighted by atomic mass is 35.5. The maximum Gasteiger partial charge on any atom is 0.279 e. The Kier molecular flexibility index (Phi) is 5.20. The molecule has 32 heavy (non-hydrogen) atoms. The molecule has 0 saturated carbocycles. The highest BCUT2D eigenvalue weighted by Gasteiger charge is 2.19. The van der Waals surface area contributed by atoms with Gasteiger partial charge in [-0.05, 0) is 49.4 Å². The van der Waals surface area contributed by atoms with Crippen molar-refractivity contribution in [1.82, 2.24) is 20.6 Å². The summed E-state index contributed by atoms with van der Waals surface area (Å²) >= 11 is 7.39. The van der Waals surface area contributed by atoms with Crippen LogP contribution < -0.4 is 20.3 Å². The van der Waals surface area contributed by atoms with E-state index in [1.54, 1.807) is 41.1 Å². The van der Waals surface area contributed by atoms with Crippen LogP contribution in [0.15, 0.2) is 48.5 Å². The van der Waals surface area contributed by atoms with E-state index in [9.17, 15) is 9.59 Å². The Morgan fingerprint density at radius 3 is 2.62 bits per heavy atom. The molecule has 2 aromatic heterocycles. The van der Waals surface area contributed by atoms with Crippen LogP contribution in [0.2, 0.25) is 5.02 Å². The molecule has 0 aliphatic carbocycles. The average molecular weight is 469 g/mol. The lowest BCUT2D eigenvalue weighted by Crippen LogP contribution is -2.41. The zero-order valence-electron chi connectivity index (χ0n) is 16.8. The van der Waals surface area contributed by atoms with Gasteiger partial charge < -0.3 is 9.47 Å². The van der Waals surface area contributed by atoms with Crippen LogP contribution in [0.25, 0.3) is 15.9 Å². The molecule has 2 amide bonds.